The predicted octanol–water partition coefficient (Wildman–Crippen LogP) is 1.79. The van der Waals surface area contributed by atoms with Gasteiger partial charge < -0.3 is 4.98 Å². The van der Waals surface area contributed by atoms with E-state index in [-0.39, 0.29) is 17.1 Å². The zero-order chi connectivity index (χ0) is 19.9. The van der Waals surface area contributed by atoms with Crippen LogP contribution in [0.4, 0.5) is 0 Å². The van der Waals surface area contributed by atoms with E-state index in [2.05, 4.69) is 15.0 Å². The molecule has 3 aromatic heterocycles. The van der Waals surface area contributed by atoms with E-state index in [4.69, 9.17) is 5.14 Å². The van der Waals surface area contributed by atoms with Crippen molar-refractivity contribution in [3.8, 4) is 11.1 Å². The molecular weight excluding hydrogens is 378 g/mol. The minimum absolute atomic E-state index is 0.0763. The molecule has 0 radical (unpaired) electrons. The Morgan fingerprint density at radius 3 is 2.46 bits per heavy atom. The summed E-state index contributed by atoms with van der Waals surface area (Å²) in [6.07, 6.45) is 2.82. The van der Waals surface area contributed by atoms with Gasteiger partial charge in [-0.25, -0.2) is 18.4 Å². The molecule has 0 unspecified atom stereocenters. The quantitative estimate of drug-likeness (QED) is 0.545. The Balaban J connectivity index is 1.87. The Morgan fingerprint density at radius 1 is 1.07 bits per heavy atom. The number of nitrogens with zero attached hydrogens (tertiary/aromatic N) is 3. The lowest BCUT2D eigenvalue weighted by Crippen LogP contribution is -2.19. The van der Waals surface area contributed by atoms with Crippen LogP contribution in [0.2, 0.25) is 0 Å². The van der Waals surface area contributed by atoms with E-state index in [1.807, 2.05) is 37.3 Å². The average molecular weight is 395 g/mol. The lowest BCUT2D eigenvalue weighted by Gasteiger charge is -2.11. The van der Waals surface area contributed by atoms with Gasteiger partial charge in [-0.05, 0) is 24.6 Å². The molecule has 3 N–H and O–H groups in total. The Hall–Kier alpha value is -3.30. The minimum atomic E-state index is -3.82. The van der Waals surface area contributed by atoms with Crippen LogP contribution in [0.5, 0.6) is 0 Å². The number of nitrogens with two attached hydrogens (primary N) is 1. The molecule has 0 aliphatic rings. The van der Waals surface area contributed by atoms with E-state index in [0.29, 0.717) is 11.2 Å². The normalized spacial score (nSPS) is 11.8. The maximum absolute atomic E-state index is 12.6. The van der Waals surface area contributed by atoms with E-state index >= 15 is 0 Å². The average Bonchev–Trinajstić information content (AvgIpc) is 2.98. The molecule has 0 saturated carbocycles. The standard InChI is InChI=1S/C19H17N5O3S/c1-12-17(13-5-3-2-4-6-13)18-16(10-21-12)23-19(25)24(18)11-14-7-8-15(9-22-14)28(20,26)27/h2-10H,11H2,1H3,(H,23,25)(H2,20,26,27). The molecule has 0 aliphatic heterocycles. The van der Waals surface area contributed by atoms with Gasteiger partial charge in [0.25, 0.3) is 0 Å². The largest absolute Gasteiger partial charge is 0.326 e. The van der Waals surface area contributed by atoms with Crippen LogP contribution in [0.3, 0.4) is 0 Å². The number of H-pyrrole nitrogens is 1. The summed E-state index contributed by atoms with van der Waals surface area (Å²) in [5.74, 6) is 0. The van der Waals surface area contributed by atoms with Gasteiger partial charge in [0.05, 0.1) is 29.5 Å². The SMILES string of the molecule is Cc1ncc2[nH]c(=O)n(Cc3ccc(S(N)(=O)=O)cn3)c2c1-c1ccccc1. The third kappa shape index (κ3) is 3.21. The van der Waals surface area contributed by atoms with Gasteiger partial charge in [-0.2, -0.15) is 0 Å². The van der Waals surface area contributed by atoms with Crippen molar-refractivity contribution in [2.75, 3.05) is 0 Å². The van der Waals surface area contributed by atoms with Crippen molar-refractivity contribution in [3.63, 3.8) is 0 Å². The van der Waals surface area contributed by atoms with E-state index in [9.17, 15) is 13.2 Å². The van der Waals surface area contributed by atoms with Crippen molar-refractivity contribution in [2.45, 2.75) is 18.4 Å². The molecule has 4 rings (SSSR count). The summed E-state index contributed by atoms with van der Waals surface area (Å²) in [5.41, 5.74) is 4.18. The number of imidazole rings is 1. The molecule has 0 saturated heterocycles. The first-order chi connectivity index (χ1) is 13.3. The lowest BCUT2D eigenvalue weighted by molar-refractivity contribution is 0.597. The van der Waals surface area contributed by atoms with E-state index in [0.717, 1.165) is 22.3 Å². The summed E-state index contributed by atoms with van der Waals surface area (Å²) in [4.78, 5) is 23.9. The zero-order valence-corrected chi connectivity index (χ0v) is 15.8. The number of pyridine rings is 2. The maximum Gasteiger partial charge on any atom is 0.326 e. The third-order valence-corrected chi connectivity index (χ3v) is 5.40. The van der Waals surface area contributed by atoms with Crippen molar-refractivity contribution in [1.82, 2.24) is 19.5 Å². The summed E-state index contributed by atoms with van der Waals surface area (Å²) in [6, 6.07) is 12.6. The molecule has 0 bridgehead atoms. The maximum atomic E-state index is 12.6. The first-order valence-electron chi connectivity index (χ1n) is 8.46. The summed E-state index contributed by atoms with van der Waals surface area (Å²) in [6.45, 7) is 2.07. The number of hydrogen-bond donors (Lipinski definition) is 2. The molecule has 0 spiro atoms. The number of sulfonamides is 1. The highest BCUT2D eigenvalue weighted by Gasteiger charge is 2.17. The number of fused-ring (bicyclic) bond motifs is 1. The number of benzene rings is 1. The molecular formula is C19H17N5O3S. The molecule has 3 heterocycles. The number of nitrogens with one attached hydrogen (secondary N) is 1. The fourth-order valence-electron chi connectivity index (χ4n) is 3.19. The predicted molar refractivity (Wildman–Crippen MR) is 105 cm³/mol. The van der Waals surface area contributed by atoms with E-state index in [1.54, 1.807) is 16.8 Å². The molecule has 4 aromatic rings. The van der Waals surface area contributed by atoms with Gasteiger partial charge in [0.1, 0.15) is 4.90 Å². The van der Waals surface area contributed by atoms with Crippen LogP contribution in [0.1, 0.15) is 11.4 Å². The molecule has 8 nitrogen and oxygen atoms in total. The van der Waals surface area contributed by atoms with Gasteiger partial charge in [0, 0.05) is 17.5 Å². The van der Waals surface area contributed by atoms with Gasteiger partial charge in [0.15, 0.2) is 0 Å². The van der Waals surface area contributed by atoms with Gasteiger partial charge in [-0.3, -0.25) is 14.5 Å². The highest BCUT2D eigenvalue weighted by Crippen LogP contribution is 2.29. The van der Waals surface area contributed by atoms with Crippen LogP contribution in [0, 0.1) is 6.92 Å². The van der Waals surface area contributed by atoms with Crippen LogP contribution < -0.4 is 10.8 Å². The molecule has 0 aliphatic carbocycles. The van der Waals surface area contributed by atoms with Gasteiger partial charge in [0.2, 0.25) is 10.0 Å². The number of aryl methyl sites for hydroxylation is 1. The number of hydrogen-bond acceptors (Lipinski definition) is 5. The molecule has 1 aromatic carbocycles. The van der Waals surface area contributed by atoms with E-state index < -0.39 is 10.0 Å². The lowest BCUT2D eigenvalue weighted by atomic mass is 10.0. The fourth-order valence-corrected chi connectivity index (χ4v) is 3.64. The monoisotopic (exact) mass is 395 g/mol. The van der Waals surface area contributed by atoms with Gasteiger partial charge in [-0.1, -0.05) is 30.3 Å². The fraction of sp³-hybridized carbons (Fsp3) is 0.105. The minimum Gasteiger partial charge on any atom is -0.304 e. The molecule has 0 fully saturated rings. The number of primary sulfonamides is 1. The van der Waals surface area contributed by atoms with Crippen LogP contribution in [-0.4, -0.2) is 27.9 Å². The smallest absolute Gasteiger partial charge is 0.304 e. The van der Waals surface area contributed by atoms with E-state index in [1.165, 1.54) is 12.3 Å². The van der Waals surface area contributed by atoms with Crippen LogP contribution in [-0.2, 0) is 16.6 Å². The summed E-state index contributed by atoms with van der Waals surface area (Å²) >= 11 is 0. The van der Waals surface area contributed by atoms with Crippen LogP contribution in [0.15, 0.2) is 64.5 Å². The van der Waals surface area contributed by atoms with Crippen LogP contribution >= 0.6 is 0 Å². The van der Waals surface area contributed by atoms with Gasteiger partial charge >= 0.3 is 5.69 Å². The molecule has 142 valence electrons. The summed E-state index contributed by atoms with van der Waals surface area (Å²) in [5, 5.41) is 5.11. The second-order valence-corrected chi connectivity index (χ2v) is 7.95. The number of rotatable bonds is 4. The topological polar surface area (TPSA) is 124 Å². The van der Waals surface area contributed by atoms with Crippen LogP contribution in [0.25, 0.3) is 22.2 Å². The van der Waals surface area contributed by atoms with Crippen molar-refractivity contribution in [1.29, 1.82) is 0 Å². The Kier molecular flexibility index (Phi) is 4.33. The molecule has 0 atom stereocenters. The van der Waals surface area contributed by atoms with Gasteiger partial charge in [-0.15, -0.1) is 0 Å². The second-order valence-electron chi connectivity index (χ2n) is 6.39. The molecule has 9 heteroatoms. The Morgan fingerprint density at radius 2 is 1.82 bits per heavy atom. The molecule has 28 heavy (non-hydrogen) atoms. The van der Waals surface area contributed by atoms with Crippen molar-refractivity contribution in [3.05, 3.63) is 76.7 Å². The highest BCUT2D eigenvalue weighted by molar-refractivity contribution is 7.89. The number of aromatic amines is 1. The summed E-state index contributed by atoms with van der Waals surface area (Å²) in [7, 11) is -3.82. The van der Waals surface area contributed by atoms with Crippen molar-refractivity contribution in [2.24, 2.45) is 5.14 Å². The Labute approximate surface area is 160 Å². The third-order valence-electron chi connectivity index (χ3n) is 4.51. The highest BCUT2D eigenvalue weighted by atomic mass is 32.2. The zero-order valence-electron chi connectivity index (χ0n) is 15.0. The summed E-state index contributed by atoms with van der Waals surface area (Å²) < 4.78 is 24.4. The first-order valence-corrected chi connectivity index (χ1v) is 10.0. The second kappa shape index (κ2) is 6.70. The van der Waals surface area contributed by atoms with Crippen molar-refractivity contribution >= 4 is 21.1 Å². The first kappa shape index (κ1) is 18.1. The molecule has 0 amide bonds. The van der Waals surface area contributed by atoms with Crippen molar-refractivity contribution < 1.29 is 8.42 Å². The number of aromatic nitrogens is 4. The Bertz CT molecular complexity index is 1320.